The number of nitrogens with one attached hydrogen (secondary N) is 1. The van der Waals surface area contributed by atoms with Crippen molar-refractivity contribution in [3.05, 3.63) is 52.4 Å². The monoisotopic (exact) mass is 350 g/mol. The zero-order valence-corrected chi connectivity index (χ0v) is 14.9. The predicted molar refractivity (Wildman–Crippen MR) is 98.6 cm³/mol. The van der Waals surface area contributed by atoms with E-state index >= 15 is 0 Å². The van der Waals surface area contributed by atoms with E-state index in [1.165, 1.54) is 0 Å². The first-order valence-electron chi connectivity index (χ1n) is 7.76. The van der Waals surface area contributed by atoms with Gasteiger partial charge in [0.15, 0.2) is 5.16 Å². The van der Waals surface area contributed by atoms with Crippen molar-refractivity contribution in [3.63, 3.8) is 0 Å². The summed E-state index contributed by atoms with van der Waals surface area (Å²) in [6.07, 6.45) is 2.01. The van der Waals surface area contributed by atoms with Crippen LogP contribution in [-0.2, 0) is 5.75 Å². The fourth-order valence-corrected chi connectivity index (χ4v) is 3.37. The lowest BCUT2D eigenvalue weighted by Gasteiger charge is -2.06. The Morgan fingerprint density at radius 3 is 2.83 bits per heavy atom. The third-order valence-electron chi connectivity index (χ3n) is 3.02. The van der Waals surface area contributed by atoms with Crippen molar-refractivity contribution in [1.82, 2.24) is 9.97 Å². The van der Waals surface area contributed by atoms with Crippen LogP contribution in [0.5, 0.6) is 5.75 Å². The largest absolute Gasteiger partial charge is 0.494 e. The Labute approximate surface area is 145 Å². The molecule has 0 saturated carbocycles. The van der Waals surface area contributed by atoms with Crippen LogP contribution in [0.15, 0.2) is 46.3 Å². The summed E-state index contributed by atoms with van der Waals surface area (Å²) >= 11 is 3.37. The molecular formula is C17H22N2O2S2. The molecule has 0 aliphatic carbocycles. The van der Waals surface area contributed by atoms with Crippen molar-refractivity contribution in [1.29, 1.82) is 0 Å². The molecule has 0 radical (unpaired) electrons. The highest BCUT2D eigenvalue weighted by atomic mass is 32.2. The number of thioether (sulfide) groups is 2. The van der Waals surface area contributed by atoms with Gasteiger partial charge in [0.25, 0.3) is 5.56 Å². The van der Waals surface area contributed by atoms with Gasteiger partial charge in [-0.1, -0.05) is 36.9 Å². The number of hydrogen-bond donors (Lipinski definition) is 1. The number of unbranched alkanes of at least 4 members (excludes halogenated alkanes) is 1. The van der Waals surface area contributed by atoms with Gasteiger partial charge in [-0.25, -0.2) is 4.98 Å². The molecule has 6 heteroatoms. The summed E-state index contributed by atoms with van der Waals surface area (Å²) in [7, 11) is 0. The van der Waals surface area contributed by atoms with Gasteiger partial charge in [-0.15, -0.1) is 0 Å². The zero-order chi connectivity index (χ0) is 16.3. The number of ether oxygens (including phenoxy) is 1. The smallest absolute Gasteiger partial charge is 0.251 e. The van der Waals surface area contributed by atoms with Crippen LogP contribution in [0.4, 0.5) is 0 Å². The van der Waals surface area contributed by atoms with Gasteiger partial charge in [0, 0.05) is 17.6 Å². The van der Waals surface area contributed by atoms with Gasteiger partial charge in [0.1, 0.15) is 5.75 Å². The molecule has 1 aromatic heterocycles. The van der Waals surface area contributed by atoms with E-state index in [9.17, 15) is 4.79 Å². The third-order valence-corrected chi connectivity index (χ3v) is 4.88. The summed E-state index contributed by atoms with van der Waals surface area (Å²) in [4.78, 5) is 18.9. The number of aromatic nitrogens is 2. The number of aromatic amines is 1. The molecule has 0 spiro atoms. The number of nitrogens with zero attached hydrogens (tertiary/aromatic N) is 1. The van der Waals surface area contributed by atoms with E-state index in [4.69, 9.17) is 4.74 Å². The number of rotatable bonds is 10. The van der Waals surface area contributed by atoms with Gasteiger partial charge in [-0.3, -0.25) is 4.79 Å². The topological polar surface area (TPSA) is 55.0 Å². The maximum Gasteiger partial charge on any atom is 0.251 e. The molecule has 0 amide bonds. The summed E-state index contributed by atoms with van der Waals surface area (Å²) in [5.41, 5.74) is 0.789. The zero-order valence-electron chi connectivity index (χ0n) is 13.3. The standard InChI is InChI=1S/C17H22N2O2S2/c1-2-22-13-14-12-16(20)19-17(18-14)23-11-7-6-10-21-15-8-4-3-5-9-15/h3-5,8-9,12H,2,6-7,10-11,13H2,1H3,(H,18,19,20). The normalized spacial score (nSPS) is 10.7. The summed E-state index contributed by atoms with van der Waals surface area (Å²) in [6, 6.07) is 11.4. The Morgan fingerprint density at radius 2 is 2.04 bits per heavy atom. The molecular weight excluding hydrogens is 328 g/mol. The fraction of sp³-hybridized carbons (Fsp3) is 0.412. The van der Waals surface area contributed by atoms with Gasteiger partial charge in [-0.2, -0.15) is 11.8 Å². The number of hydrogen-bond acceptors (Lipinski definition) is 5. The van der Waals surface area contributed by atoms with Gasteiger partial charge >= 0.3 is 0 Å². The van der Waals surface area contributed by atoms with Crippen molar-refractivity contribution in [2.75, 3.05) is 18.1 Å². The molecule has 4 nitrogen and oxygen atoms in total. The molecule has 0 aliphatic heterocycles. The third kappa shape index (κ3) is 7.14. The van der Waals surface area contributed by atoms with Crippen molar-refractivity contribution < 1.29 is 4.74 Å². The summed E-state index contributed by atoms with van der Waals surface area (Å²) in [5, 5.41) is 0.716. The van der Waals surface area contributed by atoms with Crippen LogP contribution < -0.4 is 10.3 Å². The minimum Gasteiger partial charge on any atom is -0.494 e. The highest BCUT2D eigenvalue weighted by Crippen LogP contribution is 2.16. The molecule has 1 aromatic carbocycles. The first-order valence-corrected chi connectivity index (χ1v) is 9.90. The van der Waals surface area contributed by atoms with Gasteiger partial charge in [0.2, 0.25) is 0 Å². The Kier molecular flexibility index (Phi) is 8.11. The molecule has 0 fully saturated rings. The highest BCUT2D eigenvalue weighted by molar-refractivity contribution is 7.99. The molecule has 0 aliphatic rings. The van der Waals surface area contributed by atoms with Crippen LogP contribution in [0.1, 0.15) is 25.5 Å². The van der Waals surface area contributed by atoms with E-state index in [2.05, 4.69) is 16.9 Å². The van der Waals surface area contributed by atoms with Crippen LogP contribution in [-0.4, -0.2) is 28.1 Å². The van der Waals surface area contributed by atoms with E-state index in [1.807, 2.05) is 30.3 Å². The summed E-state index contributed by atoms with van der Waals surface area (Å²) in [5.74, 6) is 3.65. The van der Waals surface area contributed by atoms with Crippen molar-refractivity contribution in [3.8, 4) is 5.75 Å². The van der Waals surface area contributed by atoms with Crippen LogP contribution in [0.3, 0.4) is 0 Å². The van der Waals surface area contributed by atoms with E-state index in [1.54, 1.807) is 29.6 Å². The minimum atomic E-state index is -0.0680. The predicted octanol–water partition coefficient (Wildman–Crippen LogP) is 3.97. The van der Waals surface area contributed by atoms with Crippen LogP contribution in [0, 0.1) is 0 Å². The van der Waals surface area contributed by atoms with Gasteiger partial charge < -0.3 is 9.72 Å². The number of benzene rings is 1. The molecule has 23 heavy (non-hydrogen) atoms. The van der Waals surface area contributed by atoms with Crippen LogP contribution in [0.2, 0.25) is 0 Å². The maximum absolute atomic E-state index is 11.6. The Bertz CT molecular complexity index is 632. The minimum absolute atomic E-state index is 0.0680. The Morgan fingerprint density at radius 1 is 1.22 bits per heavy atom. The van der Waals surface area contributed by atoms with Crippen LogP contribution >= 0.6 is 23.5 Å². The number of H-pyrrole nitrogens is 1. The first-order chi connectivity index (χ1) is 11.3. The lowest BCUT2D eigenvalue weighted by Crippen LogP contribution is -2.09. The number of para-hydroxylation sites is 1. The Balaban J connectivity index is 1.67. The molecule has 2 aromatic rings. The average molecular weight is 351 g/mol. The molecule has 0 unspecified atom stereocenters. The van der Waals surface area contributed by atoms with Gasteiger partial charge in [-0.05, 0) is 30.7 Å². The lowest BCUT2D eigenvalue weighted by atomic mass is 10.3. The lowest BCUT2D eigenvalue weighted by molar-refractivity contribution is 0.310. The molecule has 1 N–H and O–H groups in total. The average Bonchev–Trinajstić information content (AvgIpc) is 2.56. The molecule has 0 atom stereocenters. The van der Waals surface area contributed by atoms with E-state index in [-0.39, 0.29) is 5.56 Å². The second-order valence-corrected chi connectivity index (χ2v) is 7.25. The van der Waals surface area contributed by atoms with Gasteiger partial charge in [0.05, 0.1) is 12.3 Å². The Hall–Kier alpha value is -1.40. The molecule has 2 rings (SSSR count). The van der Waals surface area contributed by atoms with Crippen molar-refractivity contribution in [2.24, 2.45) is 0 Å². The summed E-state index contributed by atoms with van der Waals surface area (Å²) < 4.78 is 5.66. The first kappa shape index (κ1) is 17.9. The second-order valence-electron chi connectivity index (χ2n) is 4.90. The molecule has 0 bridgehead atoms. The van der Waals surface area contributed by atoms with Crippen molar-refractivity contribution >= 4 is 23.5 Å². The molecule has 124 valence electrons. The van der Waals surface area contributed by atoms with Crippen LogP contribution in [0.25, 0.3) is 0 Å². The van der Waals surface area contributed by atoms with E-state index in [0.717, 1.165) is 41.5 Å². The second kappa shape index (κ2) is 10.4. The van der Waals surface area contributed by atoms with E-state index < -0.39 is 0 Å². The molecule has 0 saturated heterocycles. The fourth-order valence-electron chi connectivity index (χ4n) is 1.91. The molecule has 1 heterocycles. The summed E-state index contributed by atoms with van der Waals surface area (Å²) in [6.45, 7) is 2.81. The van der Waals surface area contributed by atoms with Crippen molar-refractivity contribution in [2.45, 2.75) is 30.7 Å². The maximum atomic E-state index is 11.6. The SMILES string of the molecule is CCSCc1cc(=O)[nH]c(SCCCCOc2ccccc2)n1. The quantitative estimate of drug-likeness (QED) is 0.399. The van der Waals surface area contributed by atoms with E-state index in [0.29, 0.717) is 11.8 Å². The highest BCUT2D eigenvalue weighted by Gasteiger charge is 2.02.